The molecule has 35 heavy (non-hydrogen) atoms. The van der Waals surface area contributed by atoms with Gasteiger partial charge in [-0.3, -0.25) is 25.0 Å². The van der Waals surface area contributed by atoms with Crippen molar-refractivity contribution in [1.82, 2.24) is 0 Å². The first-order chi connectivity index (χ1) is 16.9. The number of fused-ring (bicyclic) bond motifs is 1. The molecule has 0 spiro atoms. The van der Waals surface area contributed by atoms with Gasteiger partial charge in [-0.1, -0.05) is 12.1 Å². The maximum absolute atomic E-state index is 13.5. The van der Waals surface area contributed by atoms with Gasteiger partial charge in [0.1, 0.15) is 5.58 Å². The standard InChI is InChI=1S/C25H20N2O8/c1-32-19-12-15(13-20(33-2)23(19)34-3)21-22(28)17-6-4-5-7-18(17)35-25(21)26-24(29)14-8-10-16(11-9-14)27(30)31/h4-13H,1-3H3,(H,26,29). The Morgan fingerprint density at radius 2 is 1.57 bits per heavy atom. The van der Waals surface area contributed by atoms with Crippen LogP contribution < -0.4 is 25.0 Å². The van der Waals surface area contributed by atoms with Crippen LogP contribution in [0.5, 0.6) is 17.2 Å². The number of nitrogens with zero attached hydrogens (tertiary/aromatic N) is 1. The van der Waals surface area contributed by atoms with Crippen molar-refractivity contribution in [3.8, 4) is 28.4 Å². The fourth-order valence-electron chi connectivity index (χ4n) is 3.63. The highest BCUT2D eigenvalue weighted by Crippen LogP contribution is 2.42. The Bertz CT molecular complexity index is 1470. The Balaban J connectivity index is 1.89. The number of nitro benzene ring substituents is 1. The molecule has 0 saturated carbocycles. The number of ether oxygens (including phenoxy) is 3. The summed E-state index contributed by atoms with van der Waals surface area (Å²) in [6, 6.07) is 14.8. The van der Waals surface area contributed by atoms with Gasteiger partial charge in [0, 0.05) is 17.7 Å². The lowest BCUT2D eigenvalue weighted by Gasteiger charge is -2.16. The zero-order chi connectivity index (χ0) is 25.1. The van der Waals surface area contributed by atoms with Gasteiger partial charge in [-0.15, -0.1) is 0 Å². The molecule has 1 N–H and O–H groups in total. The van der Waals surface area contributed by atoms with Crippen LogP contribution in [0, 0.1) is 10.1 Å². The fraction of sp³-hybridized carbons (Fsp3) is 0.120. The molecule has 1 aromatic heterocycles. The van der Waals surface area contributed by atoms with Gasteiger partial charge in [0.05, 0.1) is 37.2 Å². The van der Waals surface area contributed by atoms with Gasteiger partial charge in [0.25, 0.3) is 11.6 Å². The second-order valence-electron chi connectivity index (χ2n) is 7.30. The van der Waals surface area contributed by atoms with E-state index < -0.39 is 10.8 Å². The molecule has 3 aromatic carbocycles. The molecule has 0 aliphatic heterocycles. The number of hydrogen-bond acceptors (Lipinski definition) is 8. The van der Waals surface area contributed by atoms with Crippen LogP contribution in [0.25, 0.3) is 22.1 Å². The highest BCUT2D eigenvalue weighted by Gasteiger charge is 2.23. The zero-order valence-electron chi connectivity index (χ0n) is 19.0. The van der Waals surface area contributed by atoms with Crippen molar-refractivity contribution >= 4 is 28.4 Å². The van der Waals surface area contributed by atoms with Gasteiger partial charge in [-0.25, -0.2) is 0 Å². The van der Waals surface area contributed by atoms with Gasteiger partial charge < -0.3 is 18.6 Å². The number of carbonyl (C=O) groups is 1. The summed E-state index contributed by atoms with van der Waals surface area (Å²) in [5.41, 5.74) is 0.295. The number of amides is 1. The number of benzene rings is 3. The molecule has 1 amide bonds. The smallest absolute Gasteiger partial charge is 0.269 e. The maximum atomic E-state index is 13.5. The second-order valence-corrected chi connectivity index (χ2v) is 7.30. The number of nitrogens with one attached hydrogen (secondary N) is 1. The molecule has 10 heteroatoms. The largest absolute Gasteiger partial charge is 0.493 e. The molecule has 4 rings (SSSR count). The van der Waals surface area contributed by atoms with Crippen molar-refractivity contribution in [2.24, 2.45) is 0 Å². The predicted molar refractivity (Wildman–Crippen MR) is 129 cm³/mol. The van der Waals surface area contributed by atoms with E-state index in [1.807, 2.05) is 0 Å². The van der Waals surface area contributed by atoms with E-state index in [0.29, 0.717) is 28.2 Å². The summed E-state index contributed by atoms with van der Waals surface area (Å²) in [5.74, 6) is 0.225. The van der Waals surface area contributed by atoms with Crippen LogP contribution in [0.1, 0.15) is 10.4 Å². The number of rotatable bonds is 7. The minimum Gasteiger partial charge on any atom is -0.493 e. The van der Waals surface area contributed by atoms with Crippen LogP contribution in [-0.4, -0.2) is 32.2 Å². The quantitative estimate of drug-likeness (QED) is 0.301. The zero-order valence-corrected chi connectivity index (χ0v) is 19.0. The summed E-state index contributed by atoms with van der Waals surface area (Å²) in [6.45, 7) is 0. The Kier molecular flexibility index (Phi) is 6.36. The van der Waals surface area contributed by atoms with Crippen molar-refractivity contribution < 1.29 is 28.3 Å². The Morgan fingerprint density at radius 1 is 0.943 bits per heavy atom. The van der Waals surface area contributed by atoms with Crippen molar-refractivity contribution in [2.45, 2.75) is 0 Å². The number of anilines is 1. The monoisotopic (exact) mass is 476 g/mol. The lowest BCUT2D eigenvalue weighted by molar-refractivity contribution is -0.384. The maximum Gasteiger partial charge on any atom is 0.269 e. The molecule has 0 saturated heterocycles. The third-order valence-corrected chi connectivity index (χ3v) is 5.32. The molecular formula is C25H20N2O8. The van der Waals surface area contributed by atoms with E-state index in [9.17, 15) is 19.7 Å². The van der Waals surface area contributed by atoms with Gasteiger partial charge in [0.2, 0.25) is 17.1 Å². The summed E-state index contributed by atoms with van der Waals surface area (Å²) in [4.78, 5) is 36.9. The minimum absolute atomic E-state index is 0.0678. The first-order valence-corrected chi connectivity index (χ1v) is 10.3. The summed E-state index contributed by atoms with van der Waals surface area (Å²) in [5, 5.41) is 13.8. The molecule has 4 aromatic rings. The van der Waals surface area contributed by atoms with Gasteiger partial charge in [0.15, 0.2) is 11.5 Å². The van der Waals surface area contributed by atoms with E-state index in [1.54, 1.807) is 36.4 Å². The highest BCUT2D eigenvalue weighted by molar-refractivity contribution is 6.06. The molecule has 10 nitrogen and oxygen atoms in total. The average molecular weight is 476 g/mol. The fourth-order valence-corrected chi connectivity index (χ4v) is 3.63. The number of methoxy groups -OCH3 is 3. The lowest BCUT2D eigenvalue weighted by Crippen LogP contribution is -2.16. The summed E-state index contributed by atoms with van der Waals surface area (Å²) in [7, 11) is 4.35. The molecule has 1 heterocycles. The number of para-hydroxylation sites is 1. The van der Waals surface area contributed by atoms with Crippen molar-refractivity contribution in [1.29, 1.82) is 0 Å². The third kappa shape index (κ3) is 4.36. The lowest BCUT2D eigenvalue weighted by atomic mass is 10.0. The minimum atomic E-state index is -0.618. The first kappa shape index (κ1) is 23.3. The first-order valence-electron chi connectivity index (χ1n) is 10.3. The molecule has 0 fully saturated rings. The molecule has 178 valence electrons. The summed E-state index contributed by atoms with van der Waals surface area (Å²) in [6.07, 6.45) is 0. The molecule has 0 aliphatic rings. The third-order valence-electron chi connectivity index (χ3n) is 5.32. The number of nitro groups is 1. The molecule has 0 radical (unpaired) electrons. The number of carbonyl (C=O) groups excluding carboxylic acids is 1. The highest BCUT2D eigenvalue weighted by atomic mass is 16.6. The SMILES string of the molecule is COc1cc(-c2c(NC(=O)c3ccc([N+](=O)[O-])cc3)oc3ccccc3c2=O)cc(OC)c1OC. The molecule has 0 unspecified atom stereocenters. The Hall–Kier alpha value is -4.86. The van der Waals surface area contributed by atoms with E-state index in [2.05, 4.69) is 5.32 Å². The Labute approximate surface area is 198 Å². The van der Waals surface area contributed by atoms with Crippen LogP contribution >= 0.6 is 0 Å². The van der Waals surface area contributed by atoms with Crippen LogP contribution in [0.3, 0.4) is 0 Å². The van der Waals surface area contributed by atoms with E-state index in [1.165, 1.54) is 45.6 Å². The van der Waals surface area contributed by atoms with Crippen LogP contribution in [0.15, 0.2) is 69.9 Å². The molecule has 0 aliphatic carbocycles. The topological polar surface area (TPSA) is 130 Å². The van der Waals surface area contributed by atoms with Crippen molar-refractivity contribution in [3.63, 3.8) is 0 Å². The van der Waals surface area contributed by atoms with E-state index in [4.69, 9.17) is 18.6 Å². The summed E-state index contributed by atoms with van der Waals surface area (Å²) >= 11 is 0. The van der Waals surface area contributed by atoms with Crippen molar-refractivity contribution in [2.75, 3.05) is 26.6 Å². The predicted octanol–water partition coefficient (Wildman–Crippen LogP) is 4.65. The van der Waals surface area contributed by atoms with Gasteiger partial charge in [-0.05, 0) is 42.0 Å². The second kappa shape index (κ2) is 9.56. The average Bonchev–Trinajstić information content (AvgIpc) is 2.88. The Morgan fingerprint density at radius 3 is 2.14 bits per heavy atom. The van der Waals surface area contributed by atoms with Gasteiger partial charge >= 0.3 is 0 Å². The van der Waals surface area contributed by atoms with Crippen LogP contribution in [0.4, 0.5) is 11.6 Å². The molecule has 0 bridgehead atoms. The van der Waals surface area contributed by atoms with Crippen LogP contribution in [-0.2, 0) is 0 Å². The van der Waals surface area contributed by atoms with E-state index in [-0.39, 0.29) is 33.7 Å². The van der Waals surface area contributed by atoms with E-state index >= 15 is 0 Å². The summed E-state index contributed by atoms with van der Waals surface area (Å²) < 4.78 is 22.1. The molecule has 0 atom stereocenters. The number of hydrogen-bond donors (Lipinski definition) is 1. The molecular weight excluding hydrogens is 456 g/mol. The van der Waals surface area contributed by atoms with Crippen molar-refractivity contribution in [3.05, 3.63) is 86.6 Å². The van der Waals surface area contributed by atoms with Gasteiger partial charge in [-0.2, -0.15) is 0 Å². The number of non-ortho nitro benzene ring substituents is 1. The van der Waals surface area contributed by atoms with Crippen LogP contribution in [0.2, 0.25) is 0 Å². The normalized spacial score (nSPS) is 10.6. The van der Waals surface area contributed by atoms with E-state index in [0.717, 1.165) is 0 Å².